The highest BCUT2D eigenvalue weighted by Gasteiger charge is 2.21. The van der Waals surface area contributed by atoms with Gasteiger partial charge in [0.05, 0.1) is 0 Å². The van der Waals surface area contributed by atoms with Crippen LogP contribution in [0.4, 0.5) is 0 Å². The molecule has 0 bridgehead atoms. The van der Waals surface area contributed by atoms with Gasteiger partial charge in [0.15, 0.2) is 0 Å². The van der Waals surface area contributed by atoms with Crippen LogP contribution in [0.25, 0.3) is 10.8 Å². The molecule has 0 amide bonds. The van der Waals surface area contributed by atoms with Crippen molar-refractivity contribution in [1.29, 1.82) is 0 Å². The number of ether oxygens (including phenoxy) is 2. The van der Waals surface area contributed by atoms with Crippen molar-refractivity contribution >= 4 is 22.7 Å². The average molecular weight is 385 g/mol. The molecule has 0 atom stereocenters. The van der Waals surface area contributed by atoms with Gasteiger partial charge in [-0.05, 0) is 43.9 Å². The predicted octanol–water partition coefficient (Wildman–Crippen LogP) is 5.56. The molecule has 0 radical (unpaired) electrons. The van der Waals surface area contributed by atoms with Crippen LogP contribution in [0.15, 0.2) is 24.3 Å². The van der Waals surface area contributed by atoms with E-state index >= 15 is 0 Å². The third-order valence-corrected chi connectivity index (χ3v) is 4.84. The Bertz CT molecular complexity index is 820. The van der Waals surface area contributed by atoms with E-state index in [9.17, 15) is 9.59 Å². The molecule has 0 heterocycles. The summed E-state index contributed by atoms with van der Waals surface area (Å²) in [5.74, 6) is -0.608. The van der Waals surface area contributed by atoms with Crippen molar-refractivity contribution in [2.24, 2.45) is 0 Å². The second-order valence-electron chi connectivity index (χ2n) is 9.43. The van der Waals surface area contributed by atoms with E-state index in [0.29, 0.717) is 0 Å². The van der Waals surface area contributed by atoms with Crippen molar-refractivity contribution in [1.82, 2.24) is 0 Å². The number of carbonyl (C=O) groups is 2. The molecule has 152 valence electrons. The van der Waals surface area contributed by atoms with Gasteiger partial charge in [-0.25, -0.2) is 0 Å². The summed E-state index contributed by atoms with van der Waals surface area (Å²) in [4.78, 5) is 22.9. The van der Waals surface area contributed by atoms with E-state index in [-0.39, 0.29) is 36.0 Å². The summed E-state index contributed by atoms with van der Waals surface area (Å²) >= 11 is 0. The van der Waals surface area contributed by atoms with Crippen LogP contribution >= 0.6 is 0 Å². The van der Waals surface area contributed by atoms with Crippen molar-refractivity contribution in [2.75, 3.05) is 0 Å². The molecule has 4 heteroatoms. The van der Waals surface area contributed by atoms with Gasteiger partial charge in [0.1, 0.15) is 13.2 Å². The topological polar surface area (TPSA) is 52.6 Å². The number of hydrogen-bond donors (Lipinski definition) is 0. The van der Waals surface area contributed by atoms with Crippen molar-refractivity contribution in [3.05, 3.63) is 46.5 Å². The lowest BCUT2D eigenvalue weighted by molar-refractivity contribution is -0.143. The Balaban J connectivity index is 2.80. The maximum Gasteiger partial charge on any atom is 0.302 e. The Morgan fingerprint density at radius 3 is 1.25 bits per heavy atom. The van der Waals surface area contributed by atoms with Crippen LogP contribution < -0.4 is 0 Å². The van der Waals surface area contributed by atoms with Crippen LogP contribution in [0.3, 0.4) is 0 Å². The average Bonchev–Trinajstić information content (AvgIpc) is 2.55. The van der Waals surface area contributed by atoms with Crippen LogP contribution in [0.5, 0.6) is 0 Å². The van der Waals surface area contributed by atoms with Crippen LogP contribution in [0.2, 0.25) is 0 Å². The summed E-state index contributed by atoms with van der Waals surface area (Å²) in [6, 6.07) is 8.57. The van der Waals surface area contributed by atoms with E-state index in [0.717, 1.165) is 33.0 Å². The highest BCUT2D eigenvalue weighted by Crippen LogP contribution is 2.35. The van der Waals surface area contributed by atoms with Gasteiger partial charge >= 0.3 is 11.9 Å². The number of fused-ring (bicyclic) bond motifs is 1. The highest BCUT2D eigenvalue weighted by molar-refractivity contribution is 5.91. The summed E-state index contributed by atoms with van der Waals surface area (Å²) in [6.07, 6.45) is 0. The first-order chi connectivity index (χ1) is 12.8. The number of benzene rings is 2. The van der Waals surface area contributed by atoms with Crippen LogP contribution in [0, 0.1) is 0 Å². The summed E-state index contributed by atoms with van der Waals surface area (Å²) in [5.41, 5.74) is 4.09. The monoisotopic (exact) mass is 384 g/mol. The van der Waals surface area contributed by atoms with Crippen LogP contribution in [0.1, 0.15) is 77.6 Å². The molecule has 0 fully saturated rings. The predicted molar refractivity (Wildman–Crippen MR) is 112 cm³/mol. The molecule has 0 aliphatic heterocycles. The lowest BCUT2D eigenvalue weighted by Crippen LogP contribution is -2.15. The maximum atomic E-state index is 11.4. The van der Waals surface area contributed by atoms with E-state index < -0.39 is 0 Å². The van der Waals surface area contributed by atoms with Gasteiger partial charge in [-0.2, -0.15) is 0 Å². The molecule has 2 rings (SSSR count). The van der Waals surface area contributed by atoms with Crippen molar-refractivity contribution in [2.45, 2.75) is 79.4 Å². The minimum Gasteiger partial charge on any atom is -0.461 e. The third-order valence-electron chi connectivity index (χ3n) is 4.84. The molecule has 0 N–H and O–H groups in total. The second-order valence-corrected chi connectivity index (χ2v) is 9.43. The standard InChI is InChI=1S/C24H32O4/c1-15(25)27-13-17-9-19(23(3,4)5)12-22-18(14-28-16(2)26)10-20(11-21(17)22)24(6,7)8/h9-12H,13-14H2,1-8H3. The lowest BCUT2D eigenvalue weighted by Gasteiger charge is -2.25. The van der Waals surface area contributed by atoms with Gasteiger partial charge in [0, 0.05) is 13.8 Å². The third kappa shape index (κ3) is 5.34. The molecular weight excluding hydrogens is 352 g/mol. The normalized spacial score (nSPS) is 12.1. The van der Waals surface area contributed by atoms with E-state index in [4.69, 9.17) is 9.47 Å². The quantitative estimate of drug-likeness (QED) is 0.648. The zero-order chi connectivity index (χ0) is 21.3. The molecule has 4 nitrogen and oxygen atoms in total. The van der Waals surface area contributed by atoms with Gasteiger partial charge in [0.25, 0.3) is 0 Å². The smallest absolute Gasteiger partial charge is 0.302 e. The van der Waals surface area contributed by atoms with Crippen LogP contribution in [-0.2, 0) is 43.1 Å². The molecule has 0 saturated carbocycles. The fourth-order valence-corrected chi connectivity index (χ4v) is 3.08. The molecule has 0 aliphatic rings. The summed E-state index contributed by atoms with van der Waals surface area (Å²) in [7, 11) is 0. The molecule has 2 aromatic carbocycles. The molecule has 0 aromatic heterocycles. The van der Waals surface area contributed by atoms with Gasteiger partial charge in [-0.3, -0.25) is 9.59 Å². The number of hydrogen-bond acceptors (Lipinski definition) is 4. The summed E-state index contributed by atoms with van der Waals surface area (Å²) < 4.78 is 10.7. The second kappa shape index (κ2) is 7.94. The van der Waals surface area contributed by atoms with E-state index in [2.05, 4.69) is 65.8 Å². The Kier molecular flexibility index (Phi) is 6.22. The fraction of sp³-hybridized carbons (Fsp3) is 0.500. The van der Waals surface area contributed by atoms with Crippen molar-refractivity contribution in [3.63, 3.8) is 0 Å². The minimum absolute atomic E-state index is 0.0689. The summed E-state index contributed by atoms with van der Waals surface area (Å²) in [5, 5.41) is 2.06. The number of carbonyl (C=O) groups excluding carboxylic acids is 2. The largest absolute Gasteiger partial charge is 0.461 e. The van der Waals surface area contributed by atoms with E-state index in [1.807, 2.05) is 0 Å². The fourth-order valence-electron chi connectivity index (χ4n) is 3.08. The zero-order valence-electron chi connectivity index (χ0n) is 18.4. The van der Waals surface area contributed by atoms with Gasteiger partial charge in [0.2, 0.25) is 0 Å². The molecule has 0 spiro atoms. The molecule has 28 heavy (non-hydrogen) atoms. The van der Waals surface area contributed by atoms with Gasteiger partial charge in [-0.15, -0.1) is 0 Å². The minimum atomic E-state index is -0.304. The number of esters is 2. The molecule has 0 unspecified atom stereocenters. The molecule has 0 aliphatic carbocycles. The first-order valence-corrected chi connectivity index (χ1v) is 9.66. The van der Waals surface area contributed by atoms with Crippen molar-refractivity contribution < 1.29 is 19.1 Å². The van der Waals surface area contributed by atoms with E-state index in [1.165, 1.54) is 13.8 Å². The van der Waals surface area contributed by atoms with Crippen molar-refractivity contribution in [3.8, 4) is 0 Å². The van der Waals surface area contributed by atoms with E-state index in [1.54, 1.807) is 0 Å². The lowest BCUT2D eigenvalue weighted by atomic mass is 9.80. The molecule has 0 saturated heterocycles. The van der Waals surface area contributed by atoms with Crippen LogP contribution in [-0.4, -0.2) is 11.9 Å². The Morgan fingerprint density at radius 2 is 1.00 bits per heavy atom. The summed E-state index contributed by atoms with van der Waals surface area (Å²) in [6.45, 7) is 16.2. The zero-order valence-corrected chi connectivity index (χ0v) is 18.4. The number of rotatable bonds is 4. The van der Waals surface area contributed by atoms with Gasteiger partial charge < -0.3 is 9.47 Å². The highest BCUT2D eigenvalue weighted by atomic mass is 16.5. The Hall–Kier alpha value is -2.36. The Morgan fingerprint density at radius 1 is 0.679 bits per heavy atom. The molecular formula is C24H32O4. The SMILES string of the molecule is CC(=O)OCc1cc(C(C)(C)C)cc2c(COC(C)=O)cc(C(C)(C)C)cc12. The first kappa shape index (κ1) is 21.9. The molecule has 2 aromatic rings. The van der Waals surface area contributed by atoms with Gasteiger partial charge in [-0.1, -0.05) is 65.8 Å². The Labute approximate surface area is 168 Å². The first-order valence-electron chi connectivity index (χ1n) is 9.66. The maximum absolute atomic E-state index is 11.4.